The third kappa shape index (κ3) is 23.6. The summed E-state index contributed by atoms with van der Waals surface area (Å²) >= 11 is 0. The minimum atomic E-state index is -1.44. The number of non-ortho nitro benzene ring substituents is 1. The molecule has 0 aliphatic rings. The highest BCUT2D eigenvalue weighted by molar-refractivity contribution is 6.02. The summed E-state index contributed by atoms with van der Waals surface area (Å²) in [4.78, 5) is 158. The Kier molecular flexibility index (Phi) is 29.0. The van der Waals surface area contributed by atoms with E-state index in [-0.39, 0.29) is 75.1 Å². The van der Waals surface area contributed by atoms with Gasteiger partial charge in [0.1, 0.15) is 48.0 Å². The predicted molar refractivity (Wildman–Crippen MR) is 328 cm³/mol. The van der Waals surface area contributed by atoms with Gasteiger partial charge in [-0.15, -0.1) is 0 Å². The number of amides is 9. The molecule has 29 nitrogen and oxygen atoms in total. The lowest BCUT2D eigenvalue weighted by Crippen LogP contribution is -2.62. The van der Waals surface area contributed by atoms with Crippen LogP contribution < -0.4 is 65.1 Å². The van der Waals surface area contributed by atoms with Gasteiger partial charge in [0.25, 0.3) is 17.3 Å². The number of para-hydroxylation sites is 1. The predicted octanol–water partition coefficient (Wildman–Crippen LogP) is 1.77. The number of hydrogen-bond donors (Lipinski definition) is 13. The van der Waals surface area contributed by atoms with Gasteiger partial charge in [-0.1, -0.05) is 107 Å². The number of carbonyl (C=O) groups is 10. The molecule has 0 aliphatic heterocycles. The number of carboxylic acids is 1. The lowest BCUT2D eigenvalue weighted by molar-refractivity contribution is -0.393. The molecule has 16 N–H and O–H groups in total. The Morgan fingerprint density at radius 2 is 1.04 bits per heavy atom. The van der Waals surface area contributed by atoms with Crippen LogP contribution in [0, 0.1) is 32.1 Å². The maximum Gasteiger partial charge on any atom is 0.303 e. The molecule has 29 heteroatoms. The first kappa shape index (κ1) is 71.4. The molecular weight excluding hydrogens is 1160 g/mol. The Bertz CT molecular complexity index is 3120. The summed E-state index contributed by atoms with van der Waals surface area (Å²) in [5.41, 5.74) is 17.3. The Labute approximate surface area is 513 Å². The normalized spacial score (nSPS) is 13.6. The lowest BCUT2D eigenvalue weighted by Gasteiger charge is -2.30. The number of anilines is 2. The highest BCUT2D eigenvalue weighted by Crippen LogP contribution is 2.29. The summed E-state index contributed by atoms with van der Waals surface area (Å²) < 4.78 is 0. The van der Waals surface area contributed by atoms with E-state index in [9.17, 15) is 73.3 Å². The average Bonchev–Trinajstić information content (AvgIpc) is 3.63. The van der Waals surface area contributed by atoms with Crippen molar-refractivity contribution < 1.29 is 62.9 Å². The second kappa shape index (κ2) is 36.2. The van der Waals surface area contributed by atoms with E-state index in [2.05, 4.69) is 47.9 Å². The zero-order valence-electron chi connectivity index (χ0n) is 50.0. The number of nitro groups is 2. The molecule has 0 bridgehead atoms. The molecule has 4 aromatic carbocycles. The molecule has 8 atom stereocenters. The summed E-state index contributed by atoms with van der Waals surface area (Å²) in [5, 5.41) is 56.4. The van der Waals surface area contributed by atoms with Crippen LogP contribution in [0.15, 0.2) is 103 Å². The number of unbranched alkanes of at least 4 members (excludes halogenated alkanes) is 1. The van der Waals surface area contributed by atoms with Gasteiger partial charge in [-0.25, -0.2) is 0 Å². The van der Waals surface area contributed by atoms with Crippen molar-refractivity contribution in [1.82, 2.24) is 42.5 Å². The SMILES string of the molecule is CC[C@H](C)[C@H](NC(=O)[C@H](CCC(=O)O)NC(=O)c1ccccc1N)C(=O)N[C@@H](Cc1ccccc1)C(=O)N[C@H](C(=O)N[C@@H](Cc1ccccc1)C(=O)N[C@@H](CCCCN)C(=O)N[C@@H](CCC(N)=O)C(=O)NCCNc1ccc([N+](=O)[O-])cc1[N+](=O)[O-])C(C)C. The fourth-order valence-electron chi connectivity index (χ4n) is 9.16. The van der Waals surface area contributed by atoms with Crippen molar-refractivity contribution in [3.8, 4) is 0 Å². The van der Waals surface area contributed by atoms with Crippen molar-refractivity contribution in [2.24, 2.45) is 23.3 Å². The summed E-state index contributed by atoms with van der Waals surface area (Å²) in [6.07, 6.45) is -0.777. The Balaban J connectivity index is 1.58. The molecular formula is C60H80N14O15. The Morgan fingerprint density at radius 3 is 1.57 bits per heavy atom. The van der Waals surface area contributed by atoms with Gasteiger partial charge < -0.3 is 70.2 Å². The average molecular weight is 1240 g/mol. The van der Waals surface area contributed by atoms with Crippen molar-refractivity contribution in [2.75, 3.05) is 30.7 Å². The number of hydrogen-bond acceptors (Lipinski definition) is 17. The number of rotatable bonds is 38. The van der Waals surface area contributed by atoms with E-state index in [0.717, 1.165) is 18.2 Å². The van der Waals surface area contributed by atoms with E-state index < -0.39 is 141 Å². The largest absolute Gasteiger partial charge is 0.481 e. The summed E-state index contributed by atoms with van der Waals surface area (Å²) in [6, 6.07) is 16.4. The molecule has 0 fully saturated rings. The number of nitrogens with zero attached hydrogens (tertiary/aromatic N) is 2. The number of nitrogen functional groups attached to an aromatic ring is 1. The third-order valence-corrected chi connectivity index (χ3v) is 14.4. The van der Waals surface area contributed by atoms with Crippen LogP contribution in [0.3, 0.4) is 0 Å². The van der Waals surface area contributed by atoms with Crippen molar-refractivity contribution in [3.63, 3.8) is 0 Å². The van der Waals surface area contributed by atoms with Crippen LogP contribution in [0.25, 0.3) is 0 Å². The summed E-state index contributed by atoms with van der Waals surface area (Å²) in [6.45, 7) is 6.58. The number of nitro benzene ring substituents is 2. The number of benzene rings is 4. The summed E-state index contributed by atoms with van der Waals surface area (Å²) in [7, 11) is 0. The van der Waals surface area contributed by atoms with Gasteiger partial charge in [-0.2, -0.15) is 0 Å². The lowest BCUT2D eigenvalue weighted by atomic mass is 9.96. The highest BCUT2D eigenvalue weighted by Gasteiger charge is 2.37. The van der Waals surface area contributed by atoms with E-state index >= 15 is 0 Å². The Hall–Kier alpha value is -10.1. The standard InChI is InChI=1S/C60H80N14O15/c1-5-36(4)52(72-56(81)45(26-28-50(76)77)66-53(78)40-20-12-13-21-41(40)62)60(85)70-47(33-38-18-10-7-11-19-38)58(83)71-51(35(2)3)59(84)69-46(32-37-16-8-6-9-17-37)57(82)67-43(22-14-15-29-61)55(80)68-44(25-27-49(63)75)54(79)65-31-30-64-42-24-23-39(73(86)87)34-48(42)74(88)89/h6-13,16-21,23-24,34-36,43-47,51-52,64H,5,14-15,22,25-33,61-62H2,1-4H3,(H2,63,75)(H,65,79)(H,66,78)(H,67,82)(H,68,80)(H,69,84)(H,70,85)(H,71,83)(H,72,81)(H,76,77)/t36-,43-,44-,45-,46-,47-,51-,52-/m0/s1. The molecule has 480 valence electrons. The third-order valence-electron chi connectivity index (χ3n) is 14.4. The minimum absolute atomic E-state index is 0.0185. The molecule has 0 unspecified atom stereocenters. The number of aliphatic carboxylic acids is 1. The maximum absolute atomic E-state index is 14.7. The van der Waals surface area contributed by atoms with Gasteiger partial charge in [0.2, 0.25) is 47.3 Å². The number of nitrogens with one attached hydrogen (secondary N) is 9. The van der Waals surface area contributed by atoms with Crippen molar-refractivity contribution in [3.05, 3.63) is 140 Å². The topological polar surface area (TPSA) is 464 Å². The van der Waals surface area contributed by atoms with Gasteiger partial charge in [0, 0.05) is 50.5 Å². The number of nitrogens with two attached hydrogens (primary N) is 3. The van der Waals surface area contributed by atoms with Crippen LogP contribution >= 0.6 is 0 Å². The molecule has 0 aliphatic carbocycles. The van der Waals surface area contributed by atoms with Crippen LogP contribution in [0.4, 0.5) is 22.7 Å². The fourth-order valence-corrected chi connectivity index (χ4v) is 9.16. The van der Waals surface area contributed by atoms with E-state index in [1.807, 2.05) is 0 Å². The van der Waals surface area contributed by atoms with Gasteiger partial charge in [0.05, 0.1) is 21.5 Å². The van der Waals surface area contributed by atoms with E-state index in [1.54, 1.807) is 100 Å². The van der Waals surface area contributed by atoms with Crippen LogP contribution in [-0.2, 0) is 56.0 Å². The van der Waals surface area contributed by atoms with Crippen molar-refractivity contribution in [2.45, 2.75) is 134 Å². The van der Waals surface area contributed by atoms with Crippen LogP contribution in [0.2, 0.25) is 0 Å². The molecule has 4 rings (SSSR count). The van der Waals surface area contributed by atoms with Gasteiger partial charge in [-0.05, 0) is 79.8 Å². The molecule has 9 amide bonds. The second-order valence-corrected chi connectivity index (χ2v) is 21.5. The first-order valence-corrected chi connectivity index (χ1v) is 29.0. The van der Waals surface area contributed by atoms with E-state index in [4.69, 9.17) is 17.2 Å². The van der Waals surface area contributed by atoms with E-state index in [0.29, 0.717) is 30.4 Å². The maximum atomic E-state index is 14.7. The first-order chi connectivity index (χ1) is 42.3. The number of carboxylic acid groups (broad SMARTS) is 1. The van der Waals surface area contributed by atoms with Gasteiger partial charge in [-0.3, -0.25) is 68.2 Å². The molecule has 89 heavy (non-hydrogen) atoms. The highest BCUT2D eigenvalue weighted by atomic mass is 16.6. The molecule has 0 aromatic heterocycles. The van der Waals surface area contributed by atoms with Crippen LogP contribution in [0.5, 0.6) is 0 Å². The Morgan fingerprint density at radius 1 is 0.551 bits per heavy atom. The number of primary amides is 1. The minimum Gasteiger partial charge on any atom is -0.481 e. The molecule has 4 aromatic rings. The smallest absolute Gasteiger partial charge is 0.303 e. The number of carbonyl (C=O) groups excluding carboxylic acids is 9. The molecule has 0 spiro atoms. The first-order valence-electron chi connectivity index (χ1n) is 29.0. The van der Waals surface area contributed by atoms with Crippen molar-refractivity contribution in [1.29, 1.82) is 0 Å². The van der Waals surface area contributed by atoms with Crippen molar-refractivity contribution >= 4 is 81.9 Å². The van der Waals surface area contributed by atoms with Gasteiger partial charge in [0.15, 0.2) is 0 Å². The van der Waals surface area contributed by atoms with Crippen LogP contribution in [0.1, 0.15) is 101 Å². The van der Waals surface area contributed by atoms with Gasteiger partial charge >= 0.3 is 5.97 Å². The molecule has 0 heterocycles. The molecule has 0 saturated carbocycles. The summed E-state index contributed by atoms with van der Waals surface area (Å²) in [5.74, 6) is -9.98. The monoisotopic (exact) mass is 1240 g/mol. The van der Waals surface area contributed by atoms with Crippen LogP contribution in [-0.4, -0.2) is 136 Å². The second-order valence-electron chi connectivity index (χ2n) is 21.5. The zero-order valence-corrected chi connectivity index (χ0v) is 50.0. The molecule has 0 radical (unpaired) electrons. The quantitative estimate of drug-likeness (QED) is 0.0132. The fraction of sp³-hybridized carbons (Fsp3) is 0.433. The zero-order chi connectivity index (χ0) is 65.7. The molecule has 0 saturated heterocycles. The van der Waals surface area contributed by atoms with E-state index in [1.165, 1.54) is 12.1 Å².